The maximum atomic E-state index is 13.3. The SMILES string of the molecule is O=C(O)c1nc(CNCc2cc(F)ccc2F)cs1. The molecule has 2 aromatic rings. The van der Waals surface area contributed by atoms with Crippen LogP contribution in [0.3, 0.4) is 0 Å². The van der Waals surface area contributed by atoms with Crippen molar-refractivity contribution < 1.29 is 18.7 Å². The topological polar surface area (TPSA) is 62.2 Å². The van der Waals surface area contributed by atoms with E-state index in [1.165, 1.54) is 0 Å². The van der Waals surface area contributed by atoms with E-state index in [0.717, 1.165) is 29.5 Å². The van der Waals surface area contributed by atoms with Gasteiger partial charge in [0.1, 0.15) is 11.6 Å². The van der Waals surface area contributed by atoms with Crippen molar-refractivity contribution in [2.45, 2.75) is 13.1 Å². The van der Waals surface area contributed by atoms with Gasteiger partial charge in [-0.05, 0) is 18.2 Å². The summed E-state index contributed by atoms with van der Waals surface area (Å²) in [5, 5.41) is 13.2. The Labute approximate surface area is 111 Å². The molecule has 2 N–H and O–H groups in total. The molecule has 0 saturated carbocycles. The maximum absolute atomic E-state index is 13.3. The van der Waals surface area contributed by atoms with Crippen molar-refractivity contribution in [3.63, 3.8) is 0 Å². The predicted molar refractivity (Wildman–Crippen MR) is 66.0 cm³/mol. The van der Waals surface area contributed by atoms with E-state index in [1.54, 1.807) is 5.38 Å². The van der Waals surface area contributed by atoms with Gasteiger partial charge in [0, 0.05) is 24.0 Å². The van der Waals surface area contributed by atoms with Crippen LogP contribution in [0.5, 0.6) is 0 Å². The van der Waals surface area contributed by atoms with Crippen LogP contribution in [0.1, 0.15) is 21.1 Å². The maximum Gasteiger partial charge on any atom is 0.365 e. The standard InChI is InChI=1S/C12H10F2N2O2S/c13-8-1-2-10(14)7(3-8)4-15-5-9-6-19-11(16-9)12(17)18/h1-3,6,15H,4-5H2,(H,17,18). The zero-order chi connectivity index (χ0) is 13.8. The number of nitrogens with one attached hydrogen (secondary N) is 1. The minimum atomic E-state index is -1.08. The molecule has 7 heteroatoms. The molecular weight excluding hydrogens is 274 g/mol. The van der Waals surface area contributed by atoms with Crippen molar-refractivity contribution >= 4 is 17.3 Å². The summed E-state index contributed by atoms with van der Waals surface area (Å²) in [7, 11) is 0. The van der Waals surface area contributed by atoms with Gasteiger partial charge in [0.15, 0.2) is 0 Å². The lowest BCUT2D eigenvalue weighted by Gasteiger charge is -2.04. The summed E-state index contributed by atoms with van der Waals surface area (Å²) in [5.41, 5.74) is 0.771. The van der Waals surface area contributed by atoms with Gasteiger partial charge in [-0.1, -0.05) is 0 Å². The number of carboxylic acids is 1. The second-order valence-electron chi connectivity index (χ2n) is 3.79. The first-order valence-electron chi connectivity index (χ1n) is 5.38. The second-order valence-corrected chi connectivity index (χ2v) is 4.65. The molecule has 1 aromatic carbocycles. The molecule has 0 unspecified atom stereocenters. The van der Waals surface area contributed by atoms with Gasteiger partial charge >= 0.3 is 5.97 Å². The number of hydrogen-bond donors (Lipinski definition) is 2. The largest absolute Gasteiger partial charge is 0.476 e. The zero-order valence-corrected chi connectivity index (χ0v) is 10.5. The highest BCUT2D eigenvalue weighted by atomic mass is 32.1. The number of rotatable bonds is 5. The van der Waals surface area contributed by atoms with Crippen molar-refractivity contribution in [3.05, 3.63) is 51.5 Å². The molecule has 0 fully saturated rings. The average molecular weight is 284 g/mol. The van der Waals surface area contributed by atoms with Gasteiger partial charge in [-0.15, -0.1) is 11.3 Å². The quantitative estimate of drug-likeness (QED) is 0.885. The van der Waals surface area contributed by atoms with Crippen LogP contribution in [0.25, 0.3) is 0 Å². The number of benzene rings is 1. The third kappa shape index (κ3) is 3.55. The summed E-state index contributed by atoms with van der Waals surface area (Å²) in [6.45, 7) is 0.434. The molecule has 0 amide bonds. The summed E-state index contributed by atoms with van der Waals surface area (Å²) in [6, 6.07) is 3.24. The Morgan fingerprint density at radius 2 is 2.16 bits per heavy atom. The van der Waals surface area contributed by atoms with E-state index < -0.39 is 17.6 Å². The fourth-order valence-corrected chi connectivity index (χ4v) is 2.14. The normalized spacial score (nSPS) is 10.6. The van der Waals surface area contributed by atoms with Crippen LogP contribution in [0.2, 0.25) is 0 Å². The molecule has 19 heavy (non-hydrogen) atoms. The molecular formula is C12H10F2N2O2S. The first-order chi connectivity index (χ1) is 9.06. The highest BCUT2D eigenvalue weighted by Gasteiger charge is 2.09. The number of aromatic nitrogens is 1. The van der Waals surface area contributed by atoms with Gasteiger partial charge in [-0.2, -0.15) is 0 Å². The third-order valence-electron chi connectivity index (χ3n) is 2.36. The molecule has 0 aliphatic carbocycles. The number of aromatic carboxylic acids is 1. The lowest BCUT2D eigenvalue weighted by molar-refractivity contribution is 0.0696. The van der Waals surface area contributed by atoms with Crippen LogP contribution in [0, 0.1) is 11.6 Å². The second kappa shape index (κ2) is 5.85. The summed E-state index contributed by atoms with van der Waals surface area (Å²) >= 11 is 1.02. The van der Waals surface area contributed by atoms with E-state index in [1.807, 2.05) is 0 Å². The molecule has 0 saturated heterocycles. The fourth-order valence-electron chi connectivity index (χ4n) is 1.49. The van der Waals surface area contributed by atoms with Crippen LogP contribution in [0.4, 0.5) is 8.78 Å². The Morgan fingerprint density at radius 3 is 2.84 bits per heavy atom. The number of halogens is 2. The highest BCUT2D eigenvalue weighted by Crippen LogP contribution is 2.11. The Bertz CT molecular complexity index is 601. The Morgan fingerprint density at radius 1 is 1.37 bits per heavy atom. The van der Waals surface area contributed by atoms with Crippen LogP contribution >= 0.6 is 11.3 Å². The van der Waals surface area contributed by atoms with E-state index in [2.05, 4.69) is 10.3 Å². The lowest BCUT2D eigenvalue weighted by Crippen LogP contribution is -2.14. The minimum Gasteiger partial charge on any atom is -0.476 e. The van der Waals surface area contributed by atoms with Crippen molar-refractivity contribution in [2.75, 3.05) is 0 Å². The summed E-state index contributed by atoms with van der Waals surface area (Å²) in [6.07, 6.45) is 0. The molecule has 0 aliphatic rings. The van der Waals surface area contributed by atoms with Gasteiger partial charge in [-0.3, -0.25) is 0 Å². The van der Waals surface area contributed by atoms with E-state index >= 15 is 0 Å². The Hall–Kier alpha value is -1.86. The fraction of sp³-hybridized carbons (Fsp3) is 0.167. The van der Waals surface area contributed by atoms with Crippen LogP contribution in [-0.2, 0) is 13.1 Å². The molecule has 4 nitrogen and oxygen atoms in total. The molecule has 100 valence electrons. The molecule has 0 aliphatic heterocycles. The molecule has 2 rings (SSSR count). The zero-order valence-electron chi connectivity index (χ0n) is 9.69. The lowest BCUT2D eigenvalue weighted by atomic mass is 10.2. The van der Waals surface area contributed by atoms with Crippen LogP contribution in [-0.4, -0.2) is 16.1 Å². The van der Waals surface area contributed by atoms with E-state index in [9.17, 15) is 13.6 Å². The molecule has 0 bridgehead atoms. The Kier molecular flexibility index (Phi) is 4.18. The summed E-state index contributed by atoms with van der Waals surface area (Å²) < 4.78 is 26.2. The molecule has 0 radical (unpaired) electrons. The van der Waals surface area contributed by atoms with Gasteiger partial charge in [0.05, 0.1) is 5.69 Å². The van der Waals surface area contributed by atoms with Crippen molar-refractivity contribution in [1.82, 2.24) is 10.3 Å². The number of carboxylic acid groups (broad SMARTS) is 1. The summed E-state index contributed by atoms with van der Waals surface area (Å²) in [4.78, 5) is 14.5. The van der Waals surface area contributed by atoms with Gasteiger partial charge < -0.3 is 10.4 Å². The van der Waals surface area contributed by atoms with Crippen molar-refractivity contribution in [3.8, 4) is 0 Å². The molecule has 0 atom stereocenters. The van der Waals surface area contributed by atoms with Gasteiger partial charge in [0.2, 0.25) is 5.01 Å². The number of thiazole rings is 1. The smallest absolute Gasteiger partial charge is 0.365 e. The highest BCUT2D eigenvalue weighted by molar-refractivity contribution is 7.11. The van der Waals surface area contributed by atoms with Crippen LogP contribution in [0.15, 0.2) is 23.6 Å². The average Bonchev–Trinajstić information content (AvgIpc) is 2.82. The van der Waals surface area contributed by atoms with Gasteiger partial charge in [0.25, 0.3) is 0 Å². The first kappa shape index (κ1) is 13.6. The van der Waals surface area contributed by atoms with E-state index in [4.69, 9.17) is 5.11 Å². The minimum absolute atomic E-state index is 0.00809. The van der Waals surface area contributed by atoms with Gasteiger partial charge in [-0.25, -0.2) is 18.6 Å². The first-order valence-corrected chi connectivity index (χ1v) is 6.26. The monoisotopic (exact) mass is 284 g/mol. The molecule has 1 aromatic heterocycles. The molecule has 0 spiro atoms. The molecule has 1 heterocycles. The number of carbonyl (C=O) groups is 1. The predicted octanol–water partition coefficient (Wildman–Crippen LogP) is 2.41. The van der Waals surface area contributed by atoms with Crippen molar-refractivity contribution in [2.24, 2.45) is 0 Å². The van der Waals surface area contributed by atoms with Crippen molar-refractivity contribution in [1.29, 1.82) is 0 Å². The van der Waals surface area contributed by atoms with E-state index in [0.29, 0.717) is 12.2 Å². The summed E-state index contributed by atoms with van der Waals surface area (Å²) in [5.74, 6) is -2.06. The number of nitrogens with zero attached hydrogens (tertiary/aromatic N) is 1. The third-order valence-corrected chi connectivity index (χ3v) is 3.24. The Balaban J connectivity index is 1.92. The van der Waals surface area contributed by atoms with E-state index in [-0.39, 0.29) is 17.1 Å². The number of hydrogen-bond acceptors (Lipinski definition) is 4. The van der Waals surface area contributed by atoms with Crippen LogP contribution < -0.4 is 5.32 Å².